The van der Waals surface area contributed by atoms with E-state index in [-0.39, 0.29) is 0 Å². The van der Waals surface area contributed by atoms with Gasteiger partial charge in [-0.2, -0.15) is 0 Å². The molecule has 0 saturated heterocycles. The Balaban J connectivity index is 2.40. The summed E-state index contributed by atoms with van der Waals surface area (Å²) in [5, 5.41) is 0. The SMILES string of the molecule is C1=N/CC/N=C/C=N/CC/N=C/1. The van der Waals surface area contributed by atoms with Crippen LogP contribution in [0.3, 0.4) is 0 Å². The predicted molar refractivity (Wildman–Crippen MR) is 53.4 cm³/mol. The molecule has 0 N–H and O–H groups in total. The van der Waals surface area contributed by atoms with Gasteiger partial charge < -0.3 is 0 Å². The molecule has 0 aliphatic carbocycles. The molecule has 0 saturated carbocycles. The first-order valence-corrected chi connectivity index (χ1v) is 3.96. The Hall–Kier alpha value is -1.32. The quantitative estimate of drug-likeness (QED) is 0.494. The van der Waals surface area contributed by atoms with Gasteiger partial charge in [-0.05, 0) is 0 Å². The number of hydrogen-bond donors (Lipinski definition) is 0. The number of nitrogens with zero attached hydrogens (tertiary/aromatic N) is 4. The highest BCUT2D eigenvalue weighted by Crippen LogP contribution is 1.75. The average molecular weight is 164 g/mol. The monoisotopic (exact) mass is 164 g/mol. The van der Waals surface area contributed by atoms with E-state index in [4.69, 9.17) is 0 Å². The van der Waals surface area contributed by atoms with Gasteiger partial charge in [-0.25, -0.2) is 0 Å². The fourth-order valence-electron chi connectivity index (χ4n) is 0.718. The van der Waals surface area contributed by atoms with E-state index < -0.39 is 0 Å². The summed E-state index contributed by atoms with van der Waals surface area (Å²) in [5.41, 5.74) is 0. The molecule has 0 atom stereocenters. The van der Waals surface area contributed by atoms with Gasteiger partial charge in [0.1, 0.15) is 0 Å². The fraction of sp³-hybridized carbons (Fsp3) is 0.500. The topological polar surface area (TPSA) is 49.4 Å². The Labute approximate surface area is 71.9 Å². The van der Waals surface area contributed by atoms with Gasteiger partial charge in [0.15, 0.2) is 0 Å². The van der Waals surface area contributed by atoms with Crippen molar-refractivity contribution in [2.45, 2.75) is 0 Å². The number of aliphatic imine (C=N–C) groups is 4. The molecule has 1 aliphatic rings. The van der Waals surface area contributed by atoms with E-state index in [0.29, 0.717) is 0 Å². The van der Waals surface area contributed by atoms with Crippen LogP contribution in [0.2, 0.25) is 0 Å². The van der Waals surface area contributed by atoms with E-state index in [2.05, 4.69) is 20.0 Å². The van der Waals surface area contributed by atoms with E-state index in [1.165, 1.54) is 0 Å². The lowest BCUT2D eigenvalue weighted by atomic mass is 10.6. The first-order chi connectivity index (χ1) is 6.00. The van der Waals surface area contributed by atoms with Crippen molar-refractivity contribution < 1.29 is 0 Å². The minimum atomic E-state index is 0.719. The lowest BCUT2D eigenvalue weighted by Gasteiger charge is -1.89. The van der Waals surface area contributed by atoms with Gasteiger partial charge in [0.05, 0.1) is 26.2 Å². The van der Waals surface area contributed by atoms with Gasteiger partial charge in [-0.3, -0.25) is 20.0 Å². The number of rotatable bonds is 0. The molecule has 1 aliphatic heterocycles. The smallest absolute Gasteiger partial charge is 0.0585 e. The molecule has 64 valence electrons. The molecule has 0 bridgehead atoms. The van der Waals surface area contributed by atoms with Crippen LogP contribution in [0, 0.1) is 0 Å². The minimum Gasteiger partial charge on any atom is -0.290 e. The fourth-order valence-corrected chi connectivity index (χ4v) is 0.718. The molecule has 1 heterocycles. The number of hydrogen-bond acceptors (Lipinski definition) is 4. The van der Waals surface area contributed by atoms with Crippen LogP contribution in [0.25, 0.3) is 0 Å². The summed E-state index contributed by atoms with van der Waals surface area (Å²) >= 11 is 0. The van der Waals surface area contributed by atoms with Gasteiger partial charge in [0.2, 0.25) is 0 Å². The Morgan fingerprint density at radius 3 is 1.00 bits per heavy atom. The van der Waals surface area contributed by atoms with Crippen molar-refractivity contribution in [3.8, 4) is 0 Å². The maximum atomic E-state index is 4.07. The molecule has 4 nitrogen and oxygen atoms in total. The molecule has 1 rings (SSSR count). The van der Waals surface area contributed by atoms with Crippen LogP contribution < -0.4 is 0 Å². The molecule has 0 aromatic carbocycles. The van der Waals surface area contributed by atoms with Crippen molar-refractivity contribution in [1.29, 1.82) is 0 Å². The first kappa shape index (κ1) is 8.77. The van der Waals surface area contributed by atoms with Gasteiger partial charge in [-0.1, -0.05) is 0 Å². The maximum absolute atomic E-state index is 4.07. The molecular formula is C8H12N4. The van der Waals surface area contributed by atoms with E-state index in [0.717, 1.165) is 26.2 Å². The van der Waals surface area contributed by atoms with Crippen molar-refractivity contribution in [3.05, 3.63) is 0 Å². The first-order valence-electron chi connectivity index (χ1n) is 3.96. The van der Waals surface area contributed by atoms with Crippen LogP contribution in [0.1, 0.15) is 0 Å². The summed E-state index contributed by atoms with van der Waals surface area (Å²) in [7, 11) is 0. The molecule has 0 fully saturated rings. The summed E-state index contributed by atoms with van der Waals surface area (Å²) in [6.07, 6.45) is 6.84. The summed E-state index contributed by atoms with van der Waals surface area (Å²) in [6, 6.07) is 0. The summed E-state index contributed by atoms with van der Waals surface area (Å²) in [4.78, 5) is 16.3. The van der Waals surface area contributed by atoms with Crippen molar-refractivity contribution in [1.82, 2.24) is 0 Å². The van der Waals surface area contributed by atoms with Crippen LogP contribution in [-0.2, 0) is 0 Å². The molecule has 0 aromatic rings. The zero-order valence-electron chi connectivity index (χ0n) is 6.93. The molecule has 0 unspecified atom stereocenters. The van der Waals surface area contributed by atoms with Crippen LogP contribution in [-0.4, -0.2) is 51.0 Å². The summed E-state index contributed by atoms with van der Waals surface area (Å²) in [5.74, 6) is 0. The average Bonchev–Trinajstić information content (AvgIpc) is 2.05. The van der Waals surface area contributed by atoms with Crippen LogP contribution >= 0.6 is 0 Å². The largest absolute Gasteiger partial charge is 0.290 e. The van der Waals surface area contributed by atoms with Gasteiger partial charge in [0, 0.05) is 24.9 Å². The zero-order valence-corrected chi connectivity index (χ0v) is 6.93. The lowest BCUT2D eigenvalue weighted by Crippen LogP contribution is -1.94. The second-order valence-corrected chi connectivity index (χ2v) is 2.22. The van der Waals surface area contributed by atoms with Crippen LogP contribution in [0.15, 0.2) is 20.0 Å². The van der Waals surface area contributed by atoms with E-state index in [9.17, 15) is 0 Å². The van der Waals surface area contributed by atoms with Gasteiger partial charge in [0.25, 0.3) is 0 Å². The highest BCUT2D eigenvalue weighted by atomic mass is 14.8. The standard InChI is InChI=1S/C8H12N4/c1-2-10-5-6-12-8-7-11-4-3-9-1/h1-2,7-8H,3-6H2/b9-1+,10-2+,11-7+,12-8+. The molecule has 0 radical (unpaired) electrons. The Morgan fingerprint density at radius 2 is 0.750 bits per heavy atom. The second-order valence-electron chi connectivity index (χ2n) is 2.22. The van der Waals surface area contributed by atoms with Crippen LogP contribution in [0.5, 0.6) is 0 Å². The van der Waals surface area contributed by atoms with Gasteiger partial charge >= 0.3 is 0 Å². The molecule has 0 spiro atoms. The summed E-state index contributed by atoms with van der Waals surface area (Å²) < 4.78 is 0. The van der Waals surface area contributed by atoms with Crippen molar-refractivity contribution in [3.63, 3.8) is 0 Å². The third kappa shape index (κ3) is 4.49. The summed E-state index contributed by atoms with van der Waals surface area (Å²) in [6.45, 7) is 2.87. The predicted octanol–water partition coefficient (Wildman–Crippen LogP) is 0.283. The van der Waals surface area contributed by atoms with Crippen LogP contribution in [0.4, 0.5) is 0 Å². The van der Waals surface area contributed by atoms with Gasteiger partial charge in [-0.15, -0.1) is 0 Å². The highest BCUT2D eigenvalue weighted by Gasteiger charge is 1.79. The third-order valence-electron chi connectivity index (χ3n) is 1.27. The molecule has 4 heteroatoms. The Bertz CT molecular complexity index is 167. The molecular weight excluding hydrogens is 152 g/mol. The molecule has 12 heavy (non-hydrogen) atoms. The van der Waals surface area contributed by atoms with E-state index >= 15 is 0 Å². The highest BCUT2D eigenvalue weighted by molar-refractivity contribution is 6.16. The minimum absolute atomic E-state index is 0.719. The zero-order chi connectivity index (χ0) is 8.49. The lowest BCUT2D eigenvalue weighted by molar-refractivity contribution is 0.977. The molecule has 0 aromatic heterocycles. The Morgan fingerprint density at radius 1 is 0.500 bits per heavy atom. The van der Waals surface area contributed by atoms with E-state index in [1.807, 2.05) is 0 Å². The van der Waals surface area contributed by atoms with Crippen molar-refractivity contribution >= 4 is 24.9 Å². The molecule has 0 amide bonds. The van der Waals surface area contributed by atoms with E-state index in [1.54, 1.807) is 24.9 Å². The maximum Gasteiger partial charge on any atom is 0.0585 e. The third-order valence-corrected chi connectivity index (χ3v) is 1.27. The normalized spacial score (nSPS) is 29.3. The van der Waals surface area contributed by atoms with Crippen molar-refractivity contribution in [2.24, 2.45) is 20.0 Å². The Kier molecular flexibility index (Phi) is 4.67. The van der Waals surface area contributed by atoms with Crippen molar-refractivity contribution in [2.75, 3.05) is 26.2 Å². The second kappa shape index (κ2) is 6.39.